The van der Waals surface area contributed by atoms with Crippen LogP contribution in [-0.2, 0) is 0 Å². The molecule has 0 aliphatic heterocycles. The summed E-state index contributed by atoms with van der Waals surface area (Å²) in [7, 11) is 0. The van der Waals surface area contributed by atoms with Crippen LogP contribution in [0.15, 0.2) is 109 Å². The summed E-state index contributed by atoms with van der Waals surface area (Å²) in [6, 6.07) is 33.7. The van der Waals surface area contributed by atoms with Crippen LogP contribution in [0.3, 0.4) is 0 Å². The Morgan fingerprint density at radius 1 is 0.538 bits per heavy atom. The SMILES string of the molecule is c1ccc(-c2ccc(NC(c3ccccc3)c3ccncc3)cc2)cc1. The highest BCUT2D eigenvalue weighted by molar-refractivity contribution is 5.66. The van der Waals surface area contributed by atoms with Gasteiger partial charge in [-0.1, -0.05) is 72.8 Å². The molecule has 0 saturated heterocycles. The lowest BCUT2D eigenvalue weighted by molar-refractivity contribution is 0.934. The molecule has 0 radical (unpaired) electrons. The van der Waals surface area contributed by atoms with Crippen LogP contribution < -0.4 is 5.32 Å². The summed E-state index contributed by atoms with van der Waals surface area (Å²) >= 11 is 0. The number of rotatable bonds is 5. The number of aromatic nitrogens is 1. The fourth-order valence-electron chi connectivity index (χ4n) is 3.12. The normalized spacial score (nSPS) is 11.7. The van der Waals surface area contributed by atoms with Gasteiger partial charge in [-0.2, -0.15) is 0 Å². The fraction of sp³-hybridized carbons (Fsp3) is 0.0417. The zero-order chi connectivity index (χ0) is 17.6. The van der Waals surface area contributed by atoms with Gasteiger partial charge in [0.2, 0.25) is 0 Å². The average Bonchev–Trinajstić information content (AvgIpc) is 2.74. The summed E-state index contributed by atoms with van der Waals surface area (Å²) in [5.74, 6) is 0. The number of nitrogens with zero attached hydrogens (tertiary/aromatic N) is 1. The molecule has 0 bridgehead atoms. The maximum Gasteiger partial charge on any atom is 0.0768 e. The first-order valence-corrected chi connectivity index (χ1v) is 8.77. The largest absolute Gasteiger partial charge is 0.374 e. The van der Waals surface area contributed by atoms with E-state index in [0.29, 0.717) is 0 Å². The zero-order valence-corrected chi connectivity index (χ0v) is 14.4. The Kier molecular flexibility index (Phi) is 4.74. The number of benzene rings is 3. The van der Waals surface area contributed by atoms with E-state index in [4.69, 9.17) is 0 Å². The van der Waals surface area contributed by atoms with Crippen LogP contribution in [0.2, 0.25) is 0 Å². The van der Waals surface area contributed by atoms with Crippen LogP contribution in [0.5, 0.6) is 0 Å². The molecular formula is C24H20N2. The molecule has 2 nitrogen and oxygen atoms in total. The van der Waals surface area contributed by atoms with E-state index >= 15 is 0 Å². The standard InChI is InChI=1S/C24H20N2/c1-3-7-19(8-4-1)20-11-13-23(14-12-20)26-24(21-9-5-2-6-10-21)22-15-17-25-18-16-22/h1-18,24,26H. The Morgan fingerprint density at radius 3 is 1.73 bits per heavy atom. The van der Waals surface area contributed by atoms with Crippen molar-refractivity contribution in [3.63, 3.8) is 0 Å². The third kappa shape index (κ3) is 3.65. The van der Waals surface area contributed by atoms with Crippen molar-refractivity contribution in [2.75, 3.05) is 5.32 Å². The van der Waals surface area contributed by atoms with Crippen LogP contribution in [0.1, 0.15) is 17.2 Å². The molecule has 1 aromatic heterocycles. The van der Waals surface area contributed by atoms with Gasteiger partial charge in [-0.25, -0.2) is 0 Å². The van der Waals surface area contributed by atoms with Gasteiger partial charge in [0.25, 0.3) is 0 Å². The molecule has 0 saturated carbocycles. The highest BCUT2D eigenvalue weighted by atomic mass is 14.9. The molecule has 0 spiro atoms. The maximum absolute atomic E-state index is 4.15. The number of nitrogens with one attached hydrogen (secondary N) is 1. The molecule has 2 heteroatoms. The van der Waals surface area contributed by atoms with Crippen molar-refractivity contribution < 1.29 is 0 Å². The molecule has 4 rings (SSSR count). The lowest BCUT2D eigenvalue weighted by atomic mass is 9.99. The lowest BCUT2D eigenvalue weighted by Gasteiger charge is -2.21. The minimum atomic E-state index is 0.0850. The molecule has 1 N–H and O–H groups in total. The van der Waals surface area contributed by atoms with E-state index < -0.39 is 0 Å². The number of anilines is 1. The van der Waals surface area contributed by atoms with Crippen molar-refractivity contribution in [2.24, 2.45) is 0 Å². The van der Waals surface area contributed by atoms with Crippen molar-refractivity contribution in [3.05, 3.63) is 121 Å². The second-order valence-corrected chi connectivity index (χ2v) is 6.21. The number of pyridine rings is 1. The zero-order valence-electron chi connectivity index (χ0n) is 14.4. The Balaban J connectivity index is 1.62. The summed E-state index contributed by atoms with van der Waals surface area (Å²) in [6.45, 7) is 0. The molecule has 3 aromatic carbocycles. The van der Waals surface area contributed by atoms with E-state index in [-0.39, 0.29) is 6.04 Å². The monoisotopic (exact) mass is 336 g/mol. The Hall–Kier alpha value is -3.39. The number of hydrogen-bond donors (Lipinski definition) is 1. The van der Waals surface area contributed by atoms with E-state index in [1.807, 2.05) is 24.5 Å². The van der Waals surface area contributed by atoms with E-state index in [9.17, 15) is 0 Å². The minimum absolute atomic E-state index is 0.0850. The van der Waals surface area contributed by atoms with Gasteiger partial charge < -0.3 is 5.32 Å². The van der Waals surface area contributed by atoms with E-state index in [1.165, 1.54) is 22.3 Å². The van der Waals surface area contributed by atoms with Gasteiger partial charge in [-0.15, -0.1) is 0 Å². The first kappa shape index (κ1) is 16.1. The molecule has 1 unspecified atom stereocenters. The van der Waals surface area contributed by atoms with Crippen molar-refractivity contribution >= 4 is 5.69 Å². The quantitative estimate of drug-likeness (QED) is 0.487. The molecule has 26 heavy (non-hydrogen) atoms. The third-order valence-electron chi connectivity index (χ3n) is 4.48. The molecule has 0 aliphatic rings. The smallest absolute Gasteiger partial charge is 0.0768 e. The van der Waals surface area contributed by atoms with Crippen molar-refractivity contribution in [1.82, 2.24) is 4.98 Å². The molecule has 0 amide bonds. The predicted octanol–water partition coefficient (Wildman–Crippen LogP) is 5.95. The summed E-state index contributed by atoms with van der Waals surface area (Å²) in [6.07, 6.45) is 3.68. The van der Waals surface area contributed by atoms with Crippen LogP contribution in [0.4, 0.5) is 5.69 Å². The second-order valence-electron chi connectivity index (χ2n) is 6.21. The molecule has 126 valence electrons. The van der Waals surface area contributed by atoms with E-state index in [0.717, 1.165) is 5.69 Å². The first-order valence-electron chi connectivity index (χ1n) is 8.77. The van der Waals surface area contributed by atoms with E-state index in [2.05, 4.69) is 95.2 Å². The van der Waals surface area contributed by atoms with Gasteiger partial charge in [-0.05, 0) is 46.5 Å². The molecule has 1 heterocycles. The number of hydrogen-bond acceptors (Lipinski definition) is 2. The van der Waals surface area contributed by atoms with Gasteiger partial charge >= 0.3 is 0 Å². The Morgan fingerprint density at radius 2 is 1.08 bits per heavy atom. The minimum Gasteiger partial charge on any atom is -0.374 e. The predicted molar refractivity (Wildman–Crippen MR) is 108 cm³/mol. The lowest BCUT2D eigenvalue weighted by Crippen LogP contribution is -2.12. The molecule has 4 aromatic rings. The maximum atomic E-state index is 4.15. The van der Waals surface area contributed by atoms with Gasteiger partial charge in [0.15, 0.2) is 0 Å². The first-order chi connectivity index (χ1) is 12.9. The molecule has 1 atom stereocenters. The van der Waals surface area contributed by atoms with Crippen molar-refractivity contribution in [3.8, 4) is 11.1 Å². The molecule has 0 fully saturated rings. The van der Waals surface area contributed by atoms with Crippen molar-refractivity contribution in [2.45, 2.75) is 6.04 Å². The summed E-state index contributed by atoms with van der Waals surface area (Å²) < 4.78 is 0. The topological polar surface area (TPSA) is 24.9 Å². The average molecular weight is 336 g/mol. The molecule has 0 aliphatic carbocycles. The van der Waals surface area contributed by atoms with Crippen molar-refractivity contribution in [1.29, 1.82) is 0 Å². The second kappa shape index (κ2) is 7.66. The highest BCUT2D eigenvalue weighted by Crippen LogP contribution is 2.28. The highest BCUT2D eigenvalue weighted by Gasteiger charge is 2.13. The van der Waals surface area contributed by atoms with Crippen LogP contribution >= 0.6 is 0 Å². The van der Waals surface area contributed by atoms with Crippen LogP contribution in [-0.4, -0.2) is 4.98 Å². The fourth-order valence-corrected chi connectivity index (χ4v) is 3.12. The molecular weight excluding hydrogens is 316 g/mol. The Labute approximate surface area is 154 Å². The van der Waals surface area contributed by atoms with Gasteiger partial charge in [-0.3, -0.25) is 4.98 Å². The van der Waals surface area contributed by atoms with Gasteiger partial charge in [0, 0.05) is 18.1 Å². The third-order valence-corrected chi connectivity index (χ3v) is 4.48. The van der Waals surface area contributed by atoms with Crippen LogP contribution in [0.25, 0.3) is 11.1 Å². The van der Waals surface area contributed by atoms with Gasteiger partial charge in [0.1, 0.15) is 0 Å². The Bertz CT molecular complexity index is 894. The van der Waals surface area contributed by atoms with Gasteiger partial charge in [0.05, 0.1) is 6.04 Å². The van der Waals surface area contributed by atoms with Crippen LogP contribution in [0, 0.1) is 0 Å². The summed E-state index contributed by atoms with van der Waals surface area (Å²) in [5, 5.41) is 3.66. The summed E-state index contributed by atoms with van der Waals surface area (Å²) in [5.41, 5.74) is 5.96. The summed E-state index contributed by atoms with van der Waals surface area (Å²) in [4.78, 5) is 4.15. The van der Waals surface area contributed by atoms with E-state index in [1.54, 1.807) is 0 Å².